The number of nitrogens with one attached hydrogen (secondary N) is 1. The molecule has 0 bridgehead atoms. The minimum atomic E-state index is -0.433. The average Bonchev–Trinajstić information content (AvgIpc) is 2.39. The summed E-state index contributed by atoms with van der Waals surface area (Å²) in [4.78, 5) is 30.4. The highest BCUT2D eigenvalue weighted by molar-refractivity contribution is 6.30. The number of hydrogen-bond donors (Lipinski definition) is 1. The second kappa shape index (κ2) is 5.55. The topological polar surface area (TPSA) is 71.4 Å². The minimum absolute atomic E-state index is 0.201. The lowest BCUT2D eigenvalue weighted by atomic mass is 10.2. The van der Waals surface area contributed by atoms with Crippen molar-refractivity contribution in [1.82, 2.24) is 10.3 Å². The zero-order valence-electron chi connectivity index (χ0n) is 9.34. The summed E-state index contributed by atoms with van der Waals surface area (Å²) >= 11 is 5.77. The highest BCUT2D eigenvalue weighted by atomic mass is 35.5. The molecule has 0 spiro atoms. The van der Waals surface area contributed by atoms with E-state index in [0.717, 1.165) is 6.29 Å². The first kappa shape index (κ1) is 12.4. The summed E-state index contributed by atoms with van der Waals surface area (Å²) in [6, 6.07) is 2.61. The predicted molar refractivity (Wildman–Crippen MR) is 67.8 cm³/mol. The summed E-state index contributed by atoms with van der Waals surface area (Å²) in [6.07, 6.45) is 6.19. The van der Waals surface area contributed by atoms with Crippen LogP contribution in [0, 0.1) is 0 Å². The van der Waals surface area contributed by atoms with E-state index in [1.54, 1.807) is 18.2 Å². The molecule has 0 saturated heterocycles. The Balaban J connectivity index is 2.10. The molecule has 1 aliphatic heterocycles. The number of amidine groups is 1. The quantitative estimate of drug-likeness (QED) is 0.820. The normalized spacial score (nSPS) is 18.1. The van der Waals surface area contributed by atoms with Crippen molar-refractivity contribution in [3.63, 3.8) is 0 Å². The van der Waals surface area contributed by atoms with E-state index in [-0.39, 0.29) is 5.69 Å². The summed E-state index contributed by atoms with van der Waals surface area (Å²) < 4.78 is 0. The van der Waals surface area contributed by atoms with Crippen molar-refractivity contribution in [3.05, 3.63) is 41.2 Å². The molecular formula is C12H10ClN3O2. The number of aliphatic imine (C=N–C) groups is 1. The third-order valence-corrected chi connectivity index (χ3v) is 2.55. The van der Waals surface area contributed by atoms with Crippen LogP contribution in [-0.4, -0.2) is 29.1 Å². The highest BCUT2D eigenvalue weighted by Crippen LogP contribution is 2.08. The van der Waals surface area contributed by atoms with Crippen molar-refractivity contribution in [2.24, 2.45) is 4.99 Å². The van der Waals surface area contributed by atoms with Gasteiger partial charge in [-0.05, 0) is 24.6 Å². The molecule has 92 valence electrons. The number of aromatic nitrogens is 1. The maximum Gasteiger partial charge on any atom is 0.275 e. The average molecular weight is 264 g/mol. The van der Waals surface area contributed by atoms with Crippen molar-refractivity contribution in [3.8, 4) is 0 Å². The maximum absolute atomic E-state index is 11.8. The van der Waals surface area contributed by atoms with E-state index in [2.05, 4.69) is 15.3 Å². The number of dihydropyridines is 1. The third-order valence-electron chi connectivity index (χ3n) is 2.31. The largest absolute Gasteiger partial charge is 0.306 e. The second-order valence-corrected chi connectivity index (χ2v) is 4.11. The predicted octanol–water partition coefficient (Wildman–Crippen LogP) is 1.39. The second-order valence-electron chi connectivity index (χ2n) is 3.67. The Labute approximate surface area is 109 Å². The Morgan fingerprint density at radius 3 is 3.11 bits per heavy atom. The first-order chi connectivity index (χ1) is 8.69. The van der Waals surface area contributed by atoms with Gasteiger partial charge in [0, 0.05) is 11.2 Å². The third kappa shape index (κ3) is 3.01. The van der Waals surface area contributed by atoms with Gasteiger partial charge in [-0.25, -0.2) is 0 Å². The van der Waals surface area contributed by atoms with Crippen LogP contribution in [0.5, 0.6) is 0 Å². The van der Waals surface area contributed by atoms with Crippen LogP contribution in [0.15, 0.2) is 35.5 Å². The van der Waals surface area contributed by atoms with Crippen molar-refractivity contribution < 1.29 is 9.59 Å². The molecule has 6 heteroatoms. The number of carbonyl (C=O) groups excluding carboxylic acids is 2. The molecular weight excluding hydrogens is 254 g/mol. The van der Waals surface area contributed by atoms with Crippen LogP contribution in [-0.2, 0) is 4.79 Å². The number of pyridine rings is 1. The van der Waals surface area contributed by atoms with E-state index in [1.807, 2.05) is 0 Å². The molecule has 1 amide bonds. The Morgan fingerprint density at radius 1 is 1.56 bits per heavy atom. The number of halogens is 1. The van der Waals surface area contributed by atoms with Gasteiger partial charge in [-0.3, -0.25) is 14.8 Å². The molecule has 2 rings (SSSR count). The first-order valence-corrected chi connectivity index (χ1v) is 5.69. The van der Waals surface area contributed by atoms with Crippen molar-refractivity contribution in [2.45, 2.75) is 12.5 Å². The lowest BCUT2D eigenvalue weighted by Gasteiger charge is -2.11. The first-order valence-electron chi connectivity index (χ1n) is 5.31. The van der Waals surface area contributed by atoms with Gasteiger partial charge in [-0.1, -0.05) is 17.7 Å². The zero-order chi connectivity index (χ0) is 13.0. The molecule has 2 heterocycles. The SMILES string of the molecule is O=CC1CC=CC(NC(=O)c2cc(Cl)ccn2)=N1. The van der Waals surface area contributed by atoms with Gasteiger partial charge in [0.15, 0.2) is 0 Å². The number of aldehydes is 1. The molecule has 5 nitrogen and oxygen atoms in total. The van der Waals surface area contributed by atoms with Gasteiger partial charge in [-0.2, -0.15) is 0 Å². The molecule has 1 unspecified atom stereocenters. The van der Waals surface area contributed by atoms with E-state index >= 15 is 0 Å². The van der Waals surface area contributed by atoms with Crippen LogP contribution >= 0.6 is 11.6 Å². The van der Waals surface area contributed by atoms with Crippen LogP contribution < -0.4 is 5.32 Å². The summed E-state index contributed by atoms with van der Waals surface area (Å²) in [5, 5.41) is 3.00. The molecule has 1 atom stereocenters. The number of rotatable bonds is 2. The van der Waals surface area contributed by atoms with Gasteiger partial charge in [0.05, 0.1) is 0 Å². The Bertz CT molecular complexity index is 540. The smallest absolute Gasteiger partial charge is 0.275 e. The van der Waals surface area contributed by atoms with E-state index < -0.39 is 11.9 Å². The van der Waals surface area contributed by atoms with E-state index in [9.17, 15) is 9.59 Å². The monoisotopic (exact) mass is 263 g/mol. The number of hydrogen-bond acceptors (Lipinski definition) is 4. The summed E-state index contributed by atoms with van der Waals surface area (Å²) in [5.74, 6) is -0.0578. The lowest BCUT2D eigenvalue weighted by Crippen LogP contribution is -2.32. The summed E-state index contributed by atoms with van der Waals surface area (Å²) in [7, 11) is 0. The maximum atomic E-state index is 11.8. The fourth-order valence-corrected chi connectivity index (χ4v) is 1.62. The molecule has 0 aromatic carbocycles. The van der Waals surface area contributed by atoms with Gasteiger partial charge in [0.2, 0.25) is 0 Å². The minimum Gasteiger partial charge on any atom is -0.306 e. The highest BCUT2D eigenvalue weighted by Gasteiger charge is 2.13. The number of nitrogens with zero attached hydrogens (tertiary/aromatic N) is 2. The Hall–Kier alpha value is -2.01. The molecule has 0 fully saturated rings. The van der Waals surface area contributed by atoms with E-state index in [4.69, 9.17) is 11.6 Å². The molecule has 1 aromatic rings. The van der Waals surface area contributed by atoms with Crippen molar-refractivity contribution >= 4 is 29.6 Å². The zero-order valence-corrected chi connectivity index (χ0v) is 10.1. The number of carbonyl (C=O) groups is 2. The summed E-state index contributed by atoms with van der Waals surface area (Å²) in [5.41, 5.74) is 0.201. The molecule has 0 saturated carbocycles. The molecule has 1 N–H and O–H groups in total. The fourth-order valence-electron chi connectivity index (χ4n) is 1.46. The standard InChI is InChI=1S/C12H10ClN3O2/c13-8-4-5-14-10(6-8)12(18)16-11-3-1-2-9(7-17)15-11/h1,3-7,9H,2H2,(H,15,16,18). The van der Waals surface area contributed by atoms with Gasteiger partial charge in [0.1, 0.15) is 23.9 Å². The van der Waals surface area contributed by atoms with Gasteiger partial charge < -0.3 is 10.1 Å². The van der Waals surface area contributed by atoms with Crippen LogP contribution in [0.2, 0.25) is 5.02 Å². The molecule has 1 aliphatic rings. The summed E-state index contributed by atoms with van der Waals surface area (Å²) in [6.45, 7) is 0. The Kier molecular flexibility index (Phi) is 3.84. The van der Waals surface area contributed by atoms with Gasteiger partial charge in [-0.15, -0.1) is 0 Å². The number of amides is 1. The van der Waals surface area contributed by atoms with Gasteiger partial charge >= 0.3 is 0 Å². The lowest BCUT2D eigenvalue weighted by molar-refractivity contribution is -0.108. The van der Waals surface area contributed by atoms with Crippen molar-refractivity contribution in [1.29, 1.82) is 0 Å². The van der Waals surface area contributed by atoms with Crippen molar-refractivity contribution in [2.75, 3.05) is 0 Å². The van der Waals surface area contributed by atoms with E-state index in [1.165, 1.54) is 12.3 Å². The molecule has 18 heavy (non-hydrogen) atoms. The van der Waals surface area contributed by atoms with Crippen LogP contribution in [0.4, 0.5) is 0 Å². The molecule has 0 aliphatic carbocycles. The van der Waals surface area contributed by atoms with Gasteiger partial charge in [0.25, 0.3) is 5.91 Å². The molecule has 0 radical (unpaired) electrons. The van der Waals surface area contributed by atoms with Crippen LogP contribution in [0.3, 0.4) is 0 Å². The van der Waals surface area contributed by atoms with Crippen LogP contribution in [0.25, 0.3) is 0 Å². The van der Waals surface area contributed by atoms with Crippen LogP contribution in [0.1, 0.15) is 16.9 Å². The molecule has 1 aromatic heterocycles. The fraction of sp³-hybridized carbons (Fsp3) is 0.167. The van der Waals surface area contributed by atoms with E-state index in [0.29, 0.717) is 17.3 Å². The Morgan fingerprint density at radius 2 is 2.39 bits per heavy atom.